The molecule has 1 amide bonds. The van der Waals surface area contributed by atoms with Gasteiger partial charge in [0, 0.05) is 13.0 Å². The fourth-order valence-electron chi connectivity index (χ4n) is 2.03. The van der Waals surface area contributed by atoms with E-state index in [1.807, 2.05) is 0 Å². The van der Waals surface area contributed by atoms with E-state index in [-0.39, 0.29) is 29.7 Å². The van der Waals surface area contributed by atoms with Crippen LogP contribution in [-0.4, -0.2) is 28.6 Å². The van der Waals surface area contributed by atoms with Crippen LogP contribution >= 0.6 is 12.2 Å². The van der Waals surface area contributed by atoms with E-state index in [2.05, 4.69) is 15.3 Å². The van der Waals surface area contributed by atoms with E-state index in [1.165, 1.54) is 6.07 Å². The van der Waals surface area contributed by atoms with Crippen LogP contribution < -0.4 is 5.32 Å². The van der Waals surface area contributed by atoms with Gasteiger partial charge in [-0.2, -0.15) is 13.2 Å². The third kappa shape index (κ3) is 4.30. The molecule has 0 bridgehead atoms. The van der Waals surface area contributed by atoms with E-state index in [9.17, 15) is 22.4 Å². The first kappa shape index (κ1) is 16.5. The number of rotatable bonds is 5. The maximum absolute atomic E-state index is 13.5. The first-order valence-corrected chi connectivity index (χ1v) is 6.93. The number of aromatic amines is 2. The lowest BCUT2D eigenvalue weighted by atomic mass is 10.1. The summed E-state index contributed by atoms with van der Waals surface area (Å²) >= 11 is 4.89. The van der Waals surface area contributed by atoms with Crippen molar-refractivity contribution >= 4 is 29.2 Å². The van der Waals surface area contributed by atoms with Gasteiger partial charge in [-0.3, -0.25) is 4.79 Å². The van der Waals surface area contributed by atoms with Gasteiger partial charge in [0.15, 0.2) is 4.77 Å². The molecular formula is C13H13F4N3OS. The Bertz CT molecular complexity index is 735. The maximum Gasteiger partial charge on any atom is 0.389 e. The molecule has 22 heavy (non-hydrogen) atoms. The molecule has 0 aliphatic carbocycles. The zero-order valence-corrected chi connectivity index (χ0v) is 12.1. The fourth-order valence-corrected chi connectivity index (χ4v) is 2.25. The smallest absolute Gasteiger partial charge is 0.352 e. The zero-order chi connectivity index (χ0) is 16.3. The van der Waals surface area contributed by atoms with Crippen molar-refractivity contribution in [3.8, 4) is 0 Å². The predicted molar refractivity (Wildman–Crippen MR) is 75.7 cm³/mol. The van der Waals surface area contributed by atoms with E-state index < -0.39 is 24.3 Å². The molecule has 0 aliphatic heterocycles. The van der Waals surface area contributed by atoms with Gasteiger partial charge in [0.25, 0.3) is 5.91 Å². The van der Waals surface area contributed by atoms with Gasteiger partial charge in [0.2, 0.25) is 0 Å². The molecule has 1 aromatic heterocycles. The average Bonchev–Trinajstić information content (AvgIpc) is 2.75. The highest BCUT2D eigenvalue weighted by atomic mass is 32.1. The second kappa shape index (κ2) is 6.47. The Kier molecular flexibility index (Phi) is 4.84. The number of amides is 1. The van der Waals surface area contributed by atoms with Crippen LogP contribution in [0.1, 0.15) is 29.6 Å². The number of nitrogens with one attached hydrogen (secondary N) is 3. The Hall–Kier alpha value is -1.90. The summed E-state index contributed by atoms with van der Waals surface area (Å²) in [6.45, 7) is 0.0814. The molecule has 0 atom stereocenters. The second-order valence-corrected chi connectivity index (χ2v) is 5.19. The minimum atomic E-state index is -4.20. The molecule has 120 valence electrons. The minimum absolute atomic E-state index is 0.0539. The summed E-state index contributed by atoms with van der Waals surface area (Å²) in [7, 11) is 0. The van der Waals surface area contributed by atoms with Crippen molar-refractivity contribution in [2.24, 2.45) is 0 Å². The molecule has 0 unspecified atom stereocenters. The third-order valence-electron chi connectivity index (χ3n) is 3.01. The lowest BCUT2D eigenvalue weighted by Crippen LogP contribution is -2.25. The molecule has 0 fully saturated rings. The van der Waals surface area contributed by atoms with E-state index in [0.717, 1.165) is 6.07 Å². The summed E-state index contributed by atoms with van der Waals surface area (Å²) in [6.07, 6.45) is -4.97. The van der Waals surface area contributed by atoms with Gasteiger partial charge in [0.05, 0.1) is 16.6 Å². The van der Waals surface area contributed by atoms with Gasteiger partial charge in [-0.15, -0.1) is 0 Å². The highest BCUT2D eigenvalue weighted by molar-refractivity contribution is 7.71. The van der Waals surface area contributed by atoms with Crippen molar-refractivity contribution in [1.29, 1.82) is 0 Å². The number of H-pyrrole nitrogens is 2. The first-order valence-electron chi connectivity index (χ1n) is 6.53. The van der Waals surface area contributed by atoms with Gasteiger partial charge < -0.3 is 15.3 Å². The molecule has 2 aromatic rings. The maximum atomic E-state index is 13.5. The molecule has 0 radical (unpaired) electrons. The highest BCUT2D eigenvalue weighted by Crippen LogP contribution is 2.22. The van der Waals surface area contributed by atoms with Crippen LogP contribution in [-0.2, 0) is 0 Å². The number of hydrogen-bond donors (Lipinski definition) is 3. The van der Waals surface area contributed by atoms with Crippen molar-refractivity contribution in [3.63, 3.8) is 0 Å². The molecule has 0 saturated heterocycles. The average molecular weight is 335 g/mol. The van der Waals surface area contributed by atoms with Crippen molar-refractivity contribution in [3.05, 3.63) is 28.3 Å². The molecule has 3 N–H and O–H groups in total. The van der Waals surface area contributed by atoms with Crippen LogP contribution in [0.15, 0.2) is 12.1 Å². The zero-order valence-electron chi connectivity index (χ0n) is 11.3. The van der Waals surface area contributed by atoms with Crippen LogP contribution in [0.25, 0.3) is 11.0 Å². The predicted octanol–water partition coefficient (Wildman–Crippen LogP) is 3.83. The van der Waals surface area contributed by atoms with Crippen molar-refractivity contribution in [1.82, 2.24) is 15.3 Å². The lowest BCUT2D eigenvalue weighted by Gasteiger charge is -2.08. The van der Waals surface area contributed by atoms with Crippen LogP contribution in [0.2, 0.25) is 0 Å². The Balaban J connectivity index is 2.00. The number of aromatic nitrogens is 2. The monoisotopic (exact) mass is 335 g/mol. The Morgan fingerprint density at radius 1 is 1.23 bits per heavy atom. The van der Waals surface area contributed by atoms with E-state index >= 15 is 0 Å². The van der Waals surface area contributed by atoms with E-state index in [0.29, 0.717) is 11.0 Å². The molecule has 1 heterocycles. The number of halogens is 4. The topological polar surface area (TPSA) is 60.7 Å². The standard InChI is InChI=1S/C13H13F4N3OS/c14-7-5-8(10-9(6-7)19-12(22)20-10)11(21)18-4-2-1-3-13(15,16)17/h5-6H,1-4H2,(H,18,21)(H2,19,20,22). The molecule has 9 heteroatoms. The van der Waals surface area contributed by atoms with Crippen LogP contribution in [0.4, 0.5) is 17.6 Å². The normalized spacial score (nSPS) is 11.8. The molecule has 0 saturated carbocycles. The largest absolute Gasteiger partial charge is 0.389 e. The van der Waals surface area contributed by atoms with E-state index in [4.69, 9.17) is 12.2 Å². The highest BCUT2D eigenvalue weighted by Gasteiger charge is 2.25. The van der Waals surface area contributed by atoms with Gasteiger partial charge in [-0.25, -0.2) is 4.39 Å². The summed E-state index contributed by atoms with van der Waals surface area (Å²) in [5.41, 5.74) is 0.768. The number of benzene rings is 1. The van der Waals surface area contributed by atoms with Gasteiger partial charge in [0.1, 0.15) is 5.82 Å². The summed E-state index contributed by atoms with van der Waals surface area (Å²) in [4.78, 5) is 17.5. The number of carbonyl (C=O) groups is 1. The fraction of sp³-hybridized carbons (Fsp3) is 0.385. The Labute approximate surface area is 127 Å². The molecule has 0 spiro atoms. The number of carbonyl (C=O) groups excluding carboxylic acids is 1. The van der Waals surface area contributed by atoms with Crippen molar-refractivity contribution in [2.45, 2.75) is 25.4 Å². The lowest BCUT2D eigenvalue weighted by molar-refractivity contribution is -0.135. The molecule has 2 rings (SSSR count). The van der Waals surface area contributed by atoms with Crippen molar-refractivity contribution < 1.29 is 22.4 Å². The Morgan fingerprint density at radius 3 is 2.64 bits per heavy atom. The third-order valence-corrected chi connectivity index (χ3v) is 3.21. The summed E-state index contributed by atoms with van der Waals surface area (Å²) in [5, 5.41) is 2.47. The van der Waals surface area contributed by atoms with Gasteiger partial charge in [-0.05, 0) is 37.2 Å². The number of unbranched alkanes of at least 4 members (excludes halogenated alkanes) is 1. The van der Waals surface area contributed by atoms with E-state index in [1.54, 1.807) is 0 Å². The molecular weight excluding hydrogens is 322 g/mol. The van der Waals surface area contributed by atoms with Gasteiger partial charge in [-0.1, -0.05) is 0 Å². The van der Waals surface area contributed by atoms with Crippen LogP contribution in [0.3, 0.4) is 0 Å². The summed E-state index contributed by atoms with van der Waals surface area (Å²) in [6, 6.07) is 2.24. The number of hydrogen-bond acceptors (Lipinski definition) is 2. The second-order valence-electron chi connectivity index (χ2n) is 4.78. The summed E-state index contributed by atoms with van der Waals surface area (Å²) in [5.74, 6) is -1.18. The SMILES string of the molecule is O=C(NCCCCC(F)(F)F)c1cc(F)cc2[nH]c(=S)[nH]c12. The van der Waals surface area contributed by atoms with Crippen LogP contribution in [0, 0.1) is 10.6 Å². The number of fused-ring (bicyclic) bond motifs is 1. The van der Waals surface area contributed by atoms with Crippen LogP contribution in [0.5, 0.6) is 0 Å². The van der Waals surface area contributed by atoms with Gasteiger partial charge >= 0.3 is 6.18 Å². The molecule has 1 aromatic carbocycles. The number of alkyl halides is 3. The minimum Gasteiger partial charge on any atom is -0.352 e. The quantitative estimate of drug-likeness (QED) is 0.442. The number of imidazole rings is 1. The first-order chi connectivity index (χ1) is 10.3. The Morgan fingerprint density at radius 2 is 1.95 bits per heavy atom. The molecule has 0 aliphatic rings. The molecule has 4 nitrogen and oxygen atoms in total. The summed E-state index contributed by atoms with van der Waals surface area (Å²) < 4.78 is 49.7. The van der Waals surface area contributed by atoms with Crippen molar-refractivity contribution in [2.75, 3.05) is 6.54 Å².